The van der Waals surface area contributed by atoms with Crippen molar-refractivity contribution in [3.63, 3.8) is 0 Å². The molecular formula is C21H23NO3. The zero-order valence-electron chi connectivity index (χ0n) is 14.3. The standard InChI is InChI=1S/C21H23NO3/c1-3-14-22(15-4-2)21(23)19-12-8-9-13-20(19)25-17-16-24-18-10-6-5-7-11-18/h3-13H,1-2,14-17H2. The average Bonchev–Trinajstić information content (AvgIpc) is 2.66. The van der Waals surface area contributed by atoms with E-state index >= 15 is 0 Å². The Morgan fingerprint density at radius 2 is 1.48 bits per heavy atom. The quantitative estimate of drug-likeness (QED) is 0.486. The Kier molecular flexibility index (Phi) is 7.32. The highest BCUT2D eigenvalue weighted by molar-refractivity contribution is 5.97. The van der Waals surface area contributed by atoms with Crippen LogP contribution in [-0.2, 0) is 0 Å². The molecule has 0 N–H and O–H groups in total. The first-order valence-corrected chi connectivity index (χ1v) is 8.17. The molecule has 0 aliphatic rings. The van der Waals surface area contributed by atoms with Crippen LogP contribution in [0, 0.1) is 0 Å². The Morgan fingerprint density at radius 1 is 0.880 bits per heavy atom. The van der Waals surface area contributed by atoms with Crippen LogP contribution in [-0.4, -0.2) is 37.1 Å². The summed E-state index contributed by atoms with van der Waals surface area (Å²) in [5, 5.41) is 0. The maximum absolute atomic E-state index is 12.7. The number of carbonyl (C=O) groups is 1. The van der Waals surface area contributed by atoms with E-state index in [9.17, 15) is 4.79 Å². The van der Waals surface area contributed by atoms with Crippen molar-refractivity contribution in [1.82, 2.24) is 4.90 Å². The van der Waals surface area contributed by atoms with Crippen molar-refractivity contribution in [2.24, 2.45) is 0 Å². The largest absolute Gasteiger partial charge is 0.490 e. The molecule has 0 saturated heterocycles. The second kappa shape index (κ2) is 9.98. The van der Waals surface area contributed by atoms with Crippen LogP contribution >= 0.6 is 0 Å². The molecule has 0 spiro atoms. The van der Waals surface area contributed by atoms with Crippen molar-refractivity contribution in [3.8, 4) is 11.5 Å². The fraction of sp³-hybridized carbons (Fsp3) is 0.190. The minimum absolute atomic E-state index is 0.112. The Morgan fingerprint density at radius 3 is 2.16 bits per heavy atom. The van der Waals surface area contributed by atoms with Gasteiger partial charge in [0, 0.05) is 13.1 Å². The van der Waals surface area contributed by atoms with E-state index in [-0.39, 0.29) is 5.91 Å². The molecule has 0 heterocycles. The summed E-state index contributed by atoms with van der Waals surface area (Å²) in [6.07, 6.45) is 3.39. The van der Waals surface area contributed by atoms with Gasteiger partial charge in [-0.05, 0) is 24.3 Å². The highest BCUT2D eigenvalue weighted by Crippen LogP contribution is 2.20. The van der Waals surface area contributed by atoms with Crippen LogP contribution in [0.1, 0.15) is 10.4 Å². The van der Waals surface area contributed by atoms with E-state index < -0.39 is 0 Å². The maximum atomic E-state index is 12.7. The first kappa shape index (κ1) is 18.3. The topological polar surface area (TPSA) is 38.8 Å². The van der Waals surface area contributed by atoms with Gasteiger partial charge in [-0.1, -0.05) is 42.5 Å². The van der Waals surface area contributed by atoms with Crippen LogP contribution in [0.3, 0.4) is 0 Å². The lowest BCUT2D eigenvalue weighted by atomic mass is 10.1. The van der Waals surface area contributed by atoms with Gasteiger partial charge in [-0.2, -0.15) is 0 Å². The van der Waals surface area contributed by atoms with Crippen LogP contribution in [0.5, 0.6) is 11.5 Å². The molecule has 0 atom stereocenters. The molecule has 130 valence electrons. The second-order valence-corrected chi connectivity index (χ2v) is 5.29. The van der Waals surface area contributed by atoms with Gasteiger partial charge in [0.25, 0.3) is 5.91 Å². The first-order chi connectivity index (χ1) is 12.3. The summed E-state index contributed by atoms with van der Waals surface area (Å²) in [6.45, 7) is 9.05. The van der Waals surface area contributed by atoms with Gasteiger partial charge in [0.2, 0.25) is 0 Å². The second-order valence-electron chi connectivity index (χ2n) is 5.29. The molecule has 0 fully saturated rings. The molecule has 2 aromatic carbocycles. The number of rotatable bonds is 10. The van der Waals surface area contributed by atoms with E-state index in [1.54, 1.807) is 29.2 Å². The lowest BCUT2D eigenvalue weighted by Gasteiger charge is -2.21. The van der Waals surface area contributed by atoms with Crippen molar-refractivity contribution in [2.75, 3.05) is 26.3 Å². The predicted octanol–water partition coefficient (Wildman–Crippen LogP) is 3.96. The van der Waals surface area contributed by atoms with Crippen LogP contribution in [0.15, 0.2) is 79.9 Å². The molecule has 0 aromatic heterocycles. The predicted molar refractivity (Wildman–Crippen MR) is 100 cm³/mol. The van der Waals surface area contributed by atoms with Crippen LogP contribution in [0.2, 0.25) is 0 Å². The Balaban J connectivity index is 1.98. The summed E-state index contributed by atoms with van der Waals surface area (Å²) in [5.41, 5.74) is 0.519. The molecule has 4 heteroatoms. The zero-order chi connectivity index (χ0) is 17.9. The molecule has 0 unspecified atom stereocenters. The number of benzene rings is 2. The summed E-state index contributed by atoms with van der Waals surface area (Å²) >= 11 is 0. The van der Waals surface area contributed by atoms with Gasteiger partial charge in [-0.15, -0.1) is 13.2 Å². The van der Waals surface area contributed by atoms with E-state index in [2.05, 4.69) is 13.2 Å². The van der Waals surface area contributed by atoms with Gasteiger partial charge < -0.3 is 14.4 Å². The third-order valence-corrected chi connectivity index (χ3v) is 3.46. The Hall–Kier alpha value is -3.01. The van der Waals surface area contributed by atoms with Crippen molar-refractivity contribution < 1.29 is 14.3 Å². The zero-order valence-corrected chi connectivity index (χ0v) is 14.3. The van der Waals surface area contributed by atoms with E-state index in [0.717, 1.165) is 5.75 Å². The SMILES string of the molecule is C=CCN(CC=C)C(=O)c1ccccc1OCCOc1ccccc1. The highest BCUT2D eigenvalue weighted by atomic mass is 16.5. The highest BCUT2D eigenvalue weighted by Gasteiger charge is 2.17. The van der Waals surface area contributed by atoms with E-state index in [4.69, 9.17) is 9.47 Å². The van der Waals surface area contributed by atoms with Crippen LogP contribution in [0.25, 0.3) is 0 Å². The molecule has 0 saturated carbocycles. The molecule has 2 aromatic rings. The van der Waals surface area contributed by atoms with E-state index in [1.807, 2.05) is 42.5 Å². The number of hydrogen-bond donors (Lipinski definition) is 0. The smallest absolute Gasteiger partial charge is 0.258 e. The van der Waals surface area contributed by atoms with Crippen molar-refractivity contribution in [1.29, 1.82) is 0 Å². The van der Waals surface area contributed by atoms with Crippen molar-refractivity contribution in [2.45, 2.75) is 0 Å². The minimum Gasteiger partial charge on any atom is -0.490 e. The first-order valence-electron chi connectivity index (χ1n) is 8.17. The number of nitrogens with zero attached hydrogens (tertiary/aromatic N) is 1. The third-order valence-electron chi connectivity index (χ3n) is 3.46. The summed E-state index contributed by atoms with van der Waals surface area (Å²) in [7, 11) is 0. The van der Waals surface area contributed by atoms with Crippen LogP contribution < -0.4 is 9.47 Å². The molecular weight excluding hydrogens is 314 g/mol. The summed E-state index contributed by atoms with van der Waals surface area (Å²) in [4.78, 5) is 14.4. The lowest BCUT2D eigenvalue weighted by molar-refractivity contribution is 0.0785. The Labute approximate surface area is 149 Å². The van der Waals surface area contributed by atoms with Gasteiger partial charge in [0.05, 0.1) is 5.56 Å². The van der Waals surface area contributed by atoms with Crippen molar-refractivity contribution >= 4 is 5.91 Å². The molecule has 4 nitrogen and oxygen atoms in total. The fourth-order valence-electron chi connectivity index (χ4n) is 2.32. The fourth-order valence-corrected chi connectivity index (χ4v) is 2.32. The van der Waals surface area contributed by atoms with Gasteiger partial charge in [-0.3, -0.25) is 4.79 Å². The van der Waals surface area contributed by atoms with Crippen molar-refractivity contribution in [3.05, 3.63) is 85.5 Å². The van der Waals surface area contributed by atoms with E-state index in [0.29, 0.717) is 37.6 Å². The Bertz CT molecular complexity index is 687. The van der Waals surface area contributed by atoms with Gasteiger partial charge in [0.1, 0.15) is 24.7 Å². The number of ether oxygens (including phenoxy) is 2. The summed E-state index contributed by atoms with van der Waals surface area (Å²) < 4.78 is 11.4. The summed E-state index contributed by atoms with van der Waals surface area (Å²) in [5.74, 6) is 1.22. The minimum atomic E-state index is -0.112. The molecule has 0 bridgehead atoms. The molecule has 0 aliphatic heterocycles. The van der Waals surface area contributed by atoms with Gasteiger partial charge in [-0.25, -0.2) is 0 Å². The number of para-hydroxylation sites is 2. The molecule has 2 rings (SSSR count). The van der Waals surface area contributed by atoms with Gasteiger partial charge >= 0.3 is 0 Å². The molecule has 0 radical (unpaired) electrons. The monoisotopic (exact) mass is 337 g/mol. The number of hydrogen-bond acceptors (Lipinski definition) is 3. The maximum Gasteiger partial charge on any atom is 0.258 e. The van der Waals surface area contributed by atoms with Gasteiger partial charge in [0.15, 0.2) is 0 Å². The van der Waals surface area contributed by atoms with Crippen LogP contribution in [0.4, 0.5) is 0 Å². The average molecular weight is 337 g/mol. The third kappa shape index (κ3) is 5.53. The number of amides is 1. The molecule has 0 aliphatic carbocycles. The molecule has 25 heavy (non-hydrogen) atoms. The molecule has 1 amide bonds. The summed E-state index contributed by atoms with van der Waals surface area (Å²) in [6, 6.07) is 16.7. The lowest BCUT2D eigenvalue weighted by Crippen LogP contribution is -2.31. The number of carbonyl (C=O) groups excluding carboxylic acids is 1. The normalized spacial score (nSPS) is 9.92. The van der Waals surface area contributed by atoms with E-state index in [1.165, 1.54) is 0 Å².